The van der Waals surface area contributed by atoms with Gasteiger partial charge in [-0.05, 0) is 62.1 Å². The van der Waals surface area contributed by atoms with Gasteiger partial charge < -0.3 is 29.7 Å². The molecule has 3 N–H and O–H groups in total. The second-order valence-electron chi connectivity index (χ2n) is 10.9. The van der Waals surface area contributed by atoms with Crippen molar-refractivity contribution in [3.63, 3.8) is 0 Å². The second-order valence-corrected chi connectivity index (χ2v) is 12.1. The molecule has 4 heterocycles. The molecule has 2 aliphatic heterocycles. The Labute approximate surface area is 236 Å². The fourth-order valence-electron chi connectivity index (χ4n) is 5.17. The standard InChI is InChI=1S/C27H35F3N6O3S/c1-18(16-37)40-34-23-14-20(35-10-6-26(4-5-26)7-11-35)19(15-31-23)25(38)33-22-3-2-21(39-17-28)24(32-22)36-12-8-27(29,30)9-13-36/h2-3,14-15,18,37H,4-13,16-17H2,1H3,(H,31,34)(H,32,33,38)/t18-/m1/s1. The highest BCUT2D eigenvalue weighted by Gasteiger charge is 2.44. The maximum atomic E-state index is 13.7. The Morgan fingerprint density at radius 2 is 1.80 bits per heavy atom. The molecule has 218 valence electrons. The van der Waals surface area contributed by atoms with Crippen LogP contribution >= 0.6 is 11.9 Å². The Bertz CT molecular complexity index is 1200. The molecule has 2 aromatic heterocycles. The zero-order chi connectivity index (χ0) is 28.3. The van der Waals surface area contributed by atoms with Crippen molar-refractivity contribution in [1.29, 1.82) is 0 Å². The third kappa shape index (κ3) is 6.68. The van der Waals surface area contributed by atoms with Crippen LogP contribution in [-0.4, -0.2) is 71.8 Å². The van der Waals surface area contributed by atoms with Crippen LogP contribution in [0.3, 0.4) is 0 Å². The molecule has 3 fully saturated rings. The highest BCUT2D eigenvalue weighted by Crippen LogP contribution is 2.54. The van der Waals surface area contributed by atoms with Crippen molar-refractivity contribution in [2.24, 2.45) is 5.41 Å². The average molecular weight is 581 g/mol. The molecule has 1 atom stereocenters. The number of piperidine rings is 2. The van der Waals surface area contributed by atoms with Gasteiger partial charge in [-0.3, -0.25) is 4.79 Å². The molecule has 9 nitrogen and oxygen atoms in total. The summed E-state index contributed by atoms with van der Waals surface area (Å²) in [5.74, 6) is -2.06. The molecule has 1 saturated carbocycles. The van der Waals surface area contributed by atoms with Gasteiger partial charge in [-0.2, -0.15) is 0 Å². The molecule has 0 bridgehead atoms. The van der Waals surface area contributed by atoms with Crippen molar-refractivity contribution < 1.29 is 27.8 Å². The Kier molecular flexibility index (Phi) is 8.50. The van der Waals surface area contributed by atoms with Crippen LogP contribution in [-0.2, 0) is 0 Å². The first-order valence-corrected chi connectivity index (χ1v) is 14.5. The molecule has 1 amide bonds. The molecule has 0 aromatic carbocycles. The lowest BCUT2D eigenvalue weighted by Gasteiger charge is -2.35. The minimum Gasteiger partial charge on any atom is -0.459 e. The van der Waals surface area contributed by atoms with Gasteiger partial charge in [-0.25, -0.2) is 23.1 Å². The van der Waals surface area contributed by atoms with Gasteiger partial charge >= 0.3 is 0 Å². The Balaban J connectivity index is 1.37. The normalized spacial score (nSPS) is 20.2. The lowest BCUT2D eigenvalue weighted by molar-refractivity contribution is -0.0222. The number of aliphatic hydroxyl groups is 1. The Morgan fingerprint density at radius 1 is 1.10 bits per heavy atom. The highest BCUT2D eigenvalue weighted by molar-refractivity contribution is 8.01. The highest BCUT2D eigenvalue weighted by atomic mass is 32.2. The van der Waals surface area contributed by atoms with Crippen molar-refractivity contribution in [1.82, 2.24) is 9.97 Å². The van der Waals surface area contributed by atoms with Crippen LogP contribution in [0.15, 0.2) is 24.4 Å². The lowest BCUT2D eigenvalue weighted by Crippen LogP contribution is -2.40. The maximum Gasteiger partial charge on any atom is 0.260 e. The van der Waals surface area contributed by atoms with Gasteiger partial charge in [0.2, 0.25) is 6.86 Å². The summed E-state index contributed by atoms with van der Waals surface area (Å²) < 4.78 is 48.7. The van der Waals surface area contributed by atoms with Gasteiger partial charge in [-0.15, -0.1) is 0 Å². The predicted molar refractivity (Wildman–Crippen MR) is 150 cm³/mol. The molecule has 40 heavy (non-hydrogen) atoms. The first kappa shape index (κ1) is 28.6. The predicted octanol–water partition coefficient (Wildman–Crippen LogP) is 5.09. The fraction of sp³-hybridized carbons (Fsp3) is 0.593. The van der Waals surface area contributed by atoms with Gasteiger partial charge in [0.1, 0.15) is 11.6 Å². The summed E-state index contributed by atoms with van der Waals surface area (Å²) in [6.45, 7) is 2.55. The van der Waals surface area contributed by atoms with Crippen LogP contribution in [0.1, 0.15) is 55.8 Å². The van der Waals surface area contributed by atoms with Gasteiger partial charge in [-0.1, -0.05) is 0 Å². The SMILES string of the molecule is C[C@H](CO)SNc1cc(N2CCC3(CC2)CC3)c(C(=O)Nc2ccc(OCF)c(N3CCC(F)(F)CC3)n2)cn1. The number of hydrogen-bond donors (Lipinski definition) is 3. The number of nitrogens with one attached hydrogen (secondary N) is 2. The molecule has 1 spiro atoms. The number of carbonyl (C=O) groups excluding carboxylic acids is 1. The number of hydrogen-bond acceptors (Lipinski definition) is 9. The fourth-order valence-corrected chi connectivity index (χ4v) is 5.67. The van der Waals surface area contributed by atoms with Crippen molar-refractivity contribution in [3.05, 3.63) is 30.0 Å². The molecular weight excluding hydrogens is 545 g/mol. The number of carbonyl (C=O) groups is 1. The molecular formula is C27H35F3N6O3S. The number of amides is 1. The van der Waals surface area contributed by atoms with Gasteiger partial charge in [0.15, 0.2) is 11.6 Å². The van der Waals surface area contributed by atoms with E-state index in [1.807, 2.05) is 13.0 Å². The summed E-state index contributed by atoms with van der Waals surface area (Å²) in [6, 6.07) is 4.83. The number of halogens is 3. The number of anilines is 4. The zero-order valence-electron chi connectivity index (χ0n) is 22.5. The number of alkyl halides is 3. The van der Waals surface area contributed by atoms with E-state index in [0.717, 1.165) is 31.6 Å². The van der Waals surface area contributed by atoms with Crippen LogP contribution in [0.4, 0.5) is 36.3 Å². The van der Waals surface area contributed by atoms with Crippen molar-refractivity contribution >= 4 is 41.0 Å². The molecule has 2 saturated heterocycles. The van der Waals surface area contributed by atoms with E-state index in [9.17, 15) is 23.1 Å². The largest absolute Gasteiger partial charge is 0.459 e. The number of aromatic nitrogens is 2. The van der Waals surface area contributed by atoms with Crippen LogP contribution in [0.5, 0.6) is 5.75 Å². The van der Waals surface area contributed by atoms with E-state index >= 15 is 0 Å². The van der Waals surface area contributed by atoms with Gasteiger partial charge in [0, 0.05) is 56.5 Å². The molecule has 2 aromatic rings. The third-order valence-corrected chi connectivity index (χ3v) is 8.83. The summed E-state index contributed by atoms with van der Waals surface area (Å²) >= 11 is 1.35. The summed E-state index contributed by atoms with van der Waals surface area (Å²) in [4.78, 5) is 26.3. The Hall–Kier alpha value is -2.93. The summed E-state index contributed by atoms with van der Waals surface area (Å²) in [5, 5.41) is 12.1. The Morgan fingerprint density at radius 3 is 2.45 bits per heavy atom. The minimum atomic E-state index is -2.75. The molecule has 1 aliphatic carbocycles. The summed E-state index contributed by atoms with van der Waals surface area (Å²) in [7, 11) is 0. The van der Waals surface area contributed by atoms with Crippen LogP contribution in [0, 0.1) is 5.41 Å². The third-order valence-electron chi connectivity index (χ3n) is 7.96. The first-order chi connectivity index (χ1) is 19.2. The molecule has 13 heteroatoms. The van der Waals surface area contributed by atoms with E-state index in [0.29, 0.717) is 16.8 Å². The lowest BCUT2D eigenvalue weighted by atomic mass is 9.93. The van der Waals surface area contributed by atoms with E-state index in [2.05, 4.69) is 24.9 Å². The number of nitrogens with zero attached hydrogens (tertiary/aromatic N) is 4. The van der Waals surface area contributed by atoms with E-state index < -0.39 is 18.7 Å². The summed E-state index contributed by atoms with van der Waals surface area (Å²) in [6.07, 6.45) is 5.50. The smallest absolute Gasteiger partial charge is 0.260 e. The number of rotatable bonds is 10. The van der Waals surface area contributed by atoms with Crippen molar-refractivity contribution in [2.75, 3.05) is 59.5 Å². The average Bonchev–Trinajstić information content (AvgIpc) is 3.71. The van der Waals surface area contributed by atoms with E-state index in [1.54, 1.807) is 4.90 Å². The number of pyridine rings is 2. The van der Waals surface area contributed by atoms with Gasteiger partial charge in [0.05, 0.1) is 17.9 Å². The second kappa shape index (κ2) is 11.9. The van der Waals surface area contributed by atoms with E-state index in [-0.39, 0.29) is 55.2 Å². The molecule has 5 rings (SSSR count). The van der Waals surface area contributed by atoms with Crippen molar-refractivity contribution in [2.45, 2.75) is 56.6 Å². The van der Waals surface area contributed by atoms with Gasteiger partial charge in [0.25, 0.3) is 11.8 Å². The summed E-state index contributed by atoms with van der Waals surface area (Å²) in [5.41, 5.74) is 1.59. The van der Waals surface area contributed by atoms with Crippen LogP contribution in [0.2, 0.25) is 0 Å². The van der Waals surface area contributed by atoms with Crippen LogP contribution in [0.25, 0.3) is 0 Å². The maximum absolute atomic E-state index is 13.7. The quantitative estimate of drug-likeness (QED) is 0.332. The van der Waals surface area contributed by atoms with E-state index in [1.165, 1.54) is 43.1 Å². The van der Waals surface area contributed by atoms with Crippen molar-refractivity contribution in [3.8, 4) is 5.75 Å². The molecule has 0 radical (unpaired) electrons. The first-order valence-electron chi connectivity index (χ1n) is 13.6. The molecule has 0 unspecified atom stereocenters. The number of ether oxygens (including phenoxy) is 1. The zero-order valence-corrected chi connectivity index (χ0v) is 23.3. The van der Waals surface area contributed by atoms with Crippen LogP contribution < -0.4 is 24.6 Å². The number of aliphatic hydroxyl groups excluding tert-OH is 1. The topological polar surface area (TPSA) is 103 Å². The van der Waals surface area contributed by atoms with E-state index in [4.69, 9.17) is 4.74 Å². The minimum absolute atomic E-state index is 0.0171. The molecule has 3 aliphatic rings. The monoisotopic (exact) mass is 580 g/mol.